The Morgan fingerprint density at radius 1 is 1.08 bits per heavy atom. The molecule has 2 unspecified atom stereocenters. The number of aromatic nitrogens is 1. The van der Waals surface area contributed by atoms with Crippen LogP contribution in [0, 0.1) is 6.92 Å². The monoisotopic (exact) mass is 516 g/mol. The summed E-state index contributed by atoms with van der Waals surface area (Å²) in [5.41, 5.74) is 2.28. The van der Waals surface area contributed by atoms with Gasteiger partial charge in [-0.15, -0.1) is 0 Å². The average Bonchev–Trinajstić information content (AvgIpc) is 2.79. The number of rotatable bonds is 2. The molecular weight excluding hydrogens is 474 g/mol. The second-order valence-corrected chi connectivity index (χ2v) is 10.6. The van der Waals surface area contributed by atoms with Gasteiger partial charge in [0.2, 0.25) is 5.79 Å². The van der Waals surface area contributed by atoms with E-state index in [0.29, 0.717) is 0 Å². The van der Waals surface area contributed by atoms with Crippen molar-refractivity contribution in [1.29, 1.82) is 0 Å². The number of hydrogen-bond donors (Lipinski definition) is 1. The Morgan fingerprint density at radius 2 is 1.66 bits per heavy atom. The summed E-state index contributed by atoms with van der Waals surface area (Å²) in [6.07, 6.45) is 1.82. The molecule has 7 nitrogen and oxygen atoms in total. The zero-order chi connectivity index (χ0) is 28.7. The van der Waals surface area contributed by atoms with Crippen molar-refractivity contribution in [1.82, 2.24) is 9.88 Å². The van der Waals surface area contributed by atoms with Gasteiger partial charge in [0.15, 0.2) is 0 Å². The molecule has 3 heterocycles. The molecular formula is C29H42B2N4O3. The number of ether oxygens (including phenoxy) is 2. The third kappa shape index (κ3) is 7.79. The van der Waals surface area contributed by atoms with Crippen LogP contribution in [0.15, 0.2) is 36.5 Å². The summed E-state index contributed by atoms with van der Waals surface area (Å²) >= 11 is 0. The Labute approximate surface area is 231 Å². The van der Waals surface area contributed by atoms with Gasteiger partial charge in [-0.25, -0.2) is 9.78 Å². The summed E-state index contributed by atoms with van der Waals surface area (Å²) in [5.74, 6) is 4.08. The van der Waals surface area contributed by atoms with Crippen LogP contribution >= 0.6 is 0 Å². The summed E-state index contributed by atoms with van der Waals surface area (Å²) in [6.45, 7) is 19.1. The van der Waals surface area contributed by atoms with Crippen LogP contribution in [0.1, 0.15) is 66.5 Å². The molecule has 2 radical (unpaired) electrons. The van der Waals surface area contributed by atoms with Crippen LogP contribution in [0.2, 0.25) is 0 Å². The number of urea groups is 1. The van der Waals surface area contributed by atoms with Crippen molar-refractivity contribution in [2.24, 2.45) is 0 Å². The molecule has 2 atom stereocenters. The first-order valence-corrected chi connectivity index (χ1v) is 13.1. The predicted molar refractivity (Wildman–Crippen MR) is 161 cm³/mol. The van der Waals surface area contributed by atoms with E-state index >= 15 is 0 Å². The first-order chi connectivity index (χ1) is 17.8. The van der Waals surface area contributed by atoms with Crippen LogP contribution in [0.25, 0.3) is 0 Å². The molecule has 2 amide bonds. The number of amides is 2. The van der Waals surface area contributed by atoms with Crippen molar-refractivity contribution in [3.63, 3.8) is 0 Å². The van der Waals surface area contributed by atoms with Gasteiger partial charge >= 0.3 is 46.8 Å². The van der Waals surface area contributed by atoms with Crippen LogP contribution in [0.4, 0.5) is 16.3 Å². The van der Waals surface area contributed by atoms with Gasteiger partial charge < -0.3 is 24.6 Å². The number of hydrogen-bond acceptors (Lipinski definition) is 5. The number of anilines is 2. The molecule has 1 aromatic heterocycles. The van der Waals surface area contributed by atoms with Crippen molar-refractivity contribution in [3.8, 4) is 5.75 Å². The van der Waals surface area contributed by atoms with Crippen LogP contribution in [-0.4, -0.2) is 73.8 Å². The number of nitrogens with zero attached hydrogens (tertiary/aromatic N) is 3. The standard InChI is InChI=1S/C25H34N4O3.2C2H4B/c1-16-9-8-12-26-22(16)28-14-17(2)29(18(3)15-28)23(30)27-19-10-11-21-20(13-19)24(4,5)32-25(6,7)31-21;2*1-2-3/h8-13,17-18H,14-15H2,1-7H3,(H,27,30);2*2H,1H3. The molecule has 0 saturated carbocycles. The Morgan fingerprint density at radius 3 is 2.21 bits per heavy atom. The van der Waals surface area contributed by atoms with E-state index in [1.165, 1.54) is 11.9 Å². The fourth-order valence-corrected chi connectivity index (χ4v) is 5.01. The molecule has 2 aliphatic rings. The minimum absolute atomic E-state index is 0.0432. The molecule has 0 aliphatic carbocycles. The molecule has 0 bridgehead atoms. The van der Waals surface area contributed by atoms with Gasteiger partial charge in [0.05, 0.1) is 5.60 Å². The van der Waals surface area contributed by atoms with Crippen LogP contribution in [-0.2, 0) is 10.3 Å². The predicted octanol–water partition coefficient (Wildman–Crippen LogP) is 4.86. The Bertz CT molecular complexity index is 1100. The Balaban J connectivity index is 0.000000773. The van der Waals surface area contributed by atoms with Crippen molar-refractivity contribution >= 4 is 44.4 Å². The molecule has 1 N–H and O–H groups in total. The third-order valence-electron chi connectivity index (χ3n) is 6.17. The quantitative estimate of drug-likeness (QED) is 0.578. The van der Waals surface area contributed by atoms with E-state index in [0.717, 1.165) is 41.5 Å². The number of carbonyl (C=O) groups is 1. The first kappa shape index (κ1) is 31.3. The zero-order valence-corrected chi connectivity index (χ0v) is 24.4. The van der Waals surface area contributed by atoms with Crippen molar-refractivity contribution in [2.45, 2.75) is 85.8 Å². The summed E-state index contributed by atoms with van der Waals surface area (Å²) < 4.78 is 12.1. The van der Waals surface area contributed by atoms with Crippen molar-refractivity contribution < 1.29 is 14.3 Å². The normalized spacial score (nSPS) is 20.7. The van der Waals surface area contributed by atoms with Gasteiger partial charge in [0.1, 0.15) is 11.6 Å². The molecule has 1 fully saturated rings. The van der Waals surface area contributed by atoms with Gasteiger partial charge in [0, 0.05) is 56.5 Å². The number of benzene rings is 1. The van der Waals surface area contributed by atoms with Gasteiger partial charge in [0.25, 0.3) is 0 Å². The van der Waals surface area contributed by atoms with Gasteiger partial charge in [-0.05, 0) is 64.4 Å². The number of piperazine rings is 1. The molecule has 1 aromatic carbocycles. The molecule has 38 heavy (non-hydrogen) atoms. The minimum atomic E-state index is -0.697. The van der Waals surface area contributed by atoms with Gasteiger partial charge in [-0.2, -0.15) is 0 Å². The maximum atomic E-state index is 13.2. The molecule has 2 aliphatic heterocycles. The number of aryl methyl sites for hydroxylation is 1. The molecule has 202 valence electrons. The van der Waals surface area contributed by atoms with Crippen LogP contribution < -0.4 is 15.0 Å². The number of fused-ring (bicyclic) bond motifs is 1. The molecule has 2 aromatic rings. The topological polar surface area (TPSA) is 66.9 Å². The second kappa shape index (κ2) is 13.2. The van der Waals surface area contributed by atoms with Crippen molar-refractivity contribution in [3.05, 3.63) is 47.7 Å². The Kier molecular flexibility index (Phi) is 10.9. The molecule has 4 rings (SSSR count). The van der Waals surface area contributed by atoms with Gasteiger partial charge in [-0.3, -0.25) is 0 Å². The average molecular weight is 516 g/mol. The Hall–Kier alpha value is -2.93. The van der Waals surface area contributed by atoms with E-state index in [-0.39, 0.29) is 18.1 Å². The van der Waals surface area contributed by atoms with E-state index in [2.05, 4.69) is 42.0 Å². The summed E-state index contributed by atoms with van der Waals surface area (Å²) in [6, 6.07) is 9.75. The van der Waals surface area contributed by atoms with Crippen LogP contribution in [0.3, 0.4) is 0 Å². The van der Waals surface area contributed by atoms with Gasteiger partial charge in [-0.1, -0.05) is 6.07 Å². The maximum absolute atomic E-state index is 13.2. The van der Waals surface area contributed by atoms with E-state index in [1.54, 1.807) is 13.8 Å². The fourth-order valence-electron chi connectivity index (χ4n) is 5.01. The second-order valence-electron chi connectivity index (χ2n) is 10.6. The SMILES string of the molecule is Cc1cccnc1N1CC(C)N(C(=O)Nc2ccc3c(c2)C(C)(C)OC(C)(C)O3)C(C)C1.[B]=CC.[B]=CC. The third-order valence-corrected chi connectivity index (χ3v) is 6.17. The van der Waals surface area contributed by atoms with Crippen LogP contribution in [0.5, 0.6) is 5.75 Å². The first-order valence-electron chi connectivity index (χ1n) is 13.1. The molecule has 1 saturated heterocycles. The summed E-state index contributed by atoms with van der Waals surface area (Å²) in [4.78, 5) is 22.0. The fraction of sp³-hybridized carbons (Fsp3) is 0.517. The number of nitrogens with one attached hydrogen (secondary N) is 1. The van der Waals surface area contributed by atoms with E-state index in [1.807, 2.05) is 63.1 Å². The van der Waals surface area contributed by atoms with E-state index in [9.17, 15) is 4.79 Å². The van der Waals surface area contributed by atoms with Crippen molar-refractivity contribution in [2.75, 3.05) is 23.3 Å². The zero-order valence-electron chi connectivity index (χ0n) is 24.4. The summed E-state index contributed by atoms with van der Waals surface area (Å²) in [5, 5.41) is 3.09. The molecule has 0 spiro atoms. The summed E-state index contributed by atoms with van der Waals surface area (Å²) in [7, 11) is 9.44. The number of pyridine rings is 1. The molecule has 9 heteroatoms. The van der Waals surface area contributed by atoms with E-state index in [4.69, 9.17) is 24.4 Å². The number of carbonyl (C=O) groups excluding carboxylic acids is 1. The van der Waals surface area contributed by atoms with E-state index < -0.39 is 11.4 Å².